The maximum absolute atomic E-state index is 13.4. The van der Waals surface area contributed by atoms with Gasteiger partial charge in [-0.3, -0.25) is 4.79 Å². The second-order valence-electron chi connectivity index (χ2n) is 5.31. The number of rotatable bonds is 5. The molecule has 3 nitrogen and oxygen atoms in total. The van der Waals surface area contributed by atoms with Crippen molar-refractivity contribution in [3.63, 3.8) is 0 Å². The predicted octanol–water partition coefficient (Wildman–Crippen LogP) is 1.78. The maximum atomic E-state index is 13.4. The average Bonchev–Trinajstić information content (AvgIpc) is 3.18. The fourth-order valence-electron chi connectivity index (χ4n) is 2.21. The lowest BCUT2D eigenvalue weighted by molar-refractivity contribution is -0.123. The van der Waals surface area contributed by atoms with Gasteiger partial charge in [-0.25, -0.2) is 8.78 Å². The van der Waals surface area contributed by atoms with Crippen molar-refractivity contribution in [3.05, 3.63) is 35.4 Å². The highest BCUT2D eigenvalue weighted by molar-refractivity contribution is 5.79. The minimum absolute atomic E-state index is 0.0218. The number of carbonyl (C=O) groups is 1. The van der Waals surface area contributed by atoms with E-state index >= 15 is 0 Å². The molecule has 0 heterocycles. The number of aliphatic hydroxyl groups excluding tert-OH is 1. The number of hydrogen-bond acceptors (Lipinski definition) is 2. The van der Waals surface area contributed by atoms with Crippen molar-refractivity contribution in [2.75, 3.05) is 6.61 Å². The molecule has 1 fully saturated rings. The second-order valence-corrected chi connectivity index (χ2v) is 5.31. The van der Waals surface area contributed by atoms with E-state index in [1.54, 1.807) is 6.92 Å². The first-order valence-electron chi connectivity index (χ1n) is 6.30. The largest absolute Gasteiger partial charge is 0.394 e. The van der Waals surface area contributed by atoms with E-state index in [0.717, 1.165) is 31.0 Å². The minimum Gasteiger partial charge on any atom is -0.394 e. The van der Waals surface area contributed by atoms with Gasteiger partial charge in [-0.1, -0.05) is 0 Å². The Hall–Kier alpha value is -1.49. The molecule has 0 saturated heterocycles. The first kappa shape index (κ1) is 13.9. The molecule has 104 valence electrons. The van der Waals surface area contributed by atoms with Gasteiger partial charge in [0.15, 0.2) is 0 Å². The molecule has 1 atom stereocenters. The summed E-state index contributed by atoms with van der Waals surface area (Å²) >= 11 is 0. The molecule has 5 heteroatoms. The Morgan fingerprint density at radius 2 is 2.16 bits per heavy atom. The van der Waals surface area contributed by atoms with Crippen LogP contribution in [-0.4, -0.2) is 23.2 Å². The van der Waals surface area contributed by atoms with Crippen LogP contribution in [0.2, 0.25) is 0 Å². The first-order chi connectivity index (χ1) is 8.94. The fraction of sp³-hybridized carbons (Fsp3) is 0.500. The number of aliphatic hydroxyl groups is 1. The molecule has 2 rings (SSSR count). The summed E-state index contributed by atoms with van der Waals surface area (Å²) in [5, 5.41) is 12.1. The summed E-state index contributed by atoms with van der Waals surface area (Å²) in [5.41, 5.74) is -0.644. The van der Waals surface area contributed by atoms with E-state index in [9.17, 15) is 18.7 Å². The van der Waals surface area contributed by atoms with E-state index in [1.165, 1.54) is 0 Å². The lowest BCUT2D eigenvalue weighted by Gasteiger charge is -2.28. The van der Waals surface area contributed by atoms with Gasteiger partial charge in [0.25, 0.3) is 0 Å². The average molecular weight is 269 g/mol. The number of nitrogens with one attached hydrogen (secondary N) is 1. The summed E-state index contributed by atoms with van der Waals surface area (Å²) in [7, 11) is 0. The molecular formula is C14H17F2NO2. The summed E-state index contributed by atoms with van der Waals surface area (Å²) in [6, 6.07) is 3.03. The quantitative estimate of drug-likeness (QED) is 0.856. The molecule has 1 saturated carbocycles. The Morgan fingerprint density at radius 1 is 1.47 bits per heavy atom. The summed E-state index contributed by atoms with van der Waals surface area (Å²) in [4.78, 5) is 11.9. The molecule has 0 aliphatic heterocycles. The molecule has 0 bridgehead atoms. The Morgan fingerprint density at radius 3 is 2.74 bits per heavy atom. The van der Waals surface area contributed by atoms with Gasteiger partial charge in [-0.2, -0.15) is 0 Å². The number of hydrogen-bond donors (Lipinski definition) is 2. The zero-order valence-corrected chi connectivity index (χ0v) is 10.7. The molecule has 1 aromatic carbocycles. The number of amides is 1. The molecule has 1 unspecified atom stereocenters. The van der Waals surface area contributed by atoms with Crippen LogP contribution in [0.4, 0.5) is 8.78 Å². The Bertz CT molecular complexity index is 488. The van der Waals surface area contributed by atoms with Crippen molar-refractivity contribution in [3.8, 4) is 0 Å². The van der Waals surface area contributed by atoms with Crippen molar-refractivity contribution in [1.82, 2.24) is 5.32 Å². The fourth-order valence-corrected chi connectivity index (χ4v) is 2.21. The maximum Gasteiger partial charge on any atom is 0.225 e. The van der Waals surface area contributed by atoms with Gasteiger partial charge in [0.1, 0.15) is 11.6 Å². The van der Waals surface area contributed by atoms with Crippen molar-refractivity contribution in [2.24, 2.45) is 5.92 Å². The summed E-state index contributed by atoms with van der Waals surface area (Å²) in [6.45, 7) is 1.61. The molecular weight excluding hydrogens is 252 g/mol. The zero-order valence-electron chi connectivity index (χ0n) is 10.7. The van der Waals surface area contributed by atoms with E-state index < -0.39 is 23.1 Å². The standard InChI is InChI=1S/C14H17F2NO2/c1-14(8-18,10-2-3-10)17-13(19)7-9-6-11(15)4-5-12(9)16/h4-6,10,18H,2-3,7-8H2,1H3,(H,17,19). The molecule has 0 spiro atoms. The lowest BCUT2D eigenvalue weighted by atomic mass is 9.96. The highest BCUT2D eigenvalue weighted by atomic mass is 19.1. The Kier molecular flexibility index (Phi) is 3.85. The van der Waals surface area contributed by atoms with Crippen LogP contribution < -0.4 is 5.32 Å². The Balaban J connectivity index is 2.02. The molecule has 1 aliphatic rings. The monoisotopic (exact) mass is 269 g/mol. The van der Waals surface area contributed by atoms with Crippen LogP contribution in [0, 0.1) is 17.6 Å². The van der Waals surface area contributed by atoms with E-state index in [0.29, 0.717) is 0 Å². The number of halogens is 2. The summed E-state index contributed by atoms with van der Waals surface area (Å²) in [6.07, 6.45) is 1.70. The van der Waals surface area contributed by atoms with Crippen LogP contribution >= 0.6 is 0 Å². The van der Waals surface area contributed by atoms with Gasteiger partial charge in [-0.15, -0.1) is 0 Å². The van der Waals surface area contributed by atoms with E-state index in [2.05, 4.69) is 5.32 Å². The van der Waals surface area contributed by atoms with Gasteiger partial charge in [-0.05, 0) is 43.9 Å². The highest BCUT2D eigenvalue weighted by Gasteiger charge is 2.42. The van der Waals surface area contributed by atoms with Crippen LogP contribution in [0.3, 0.4) is 0 Å². The second kappa shape index (κ2) is 5.25. The van der Waals surface area contributed by atoms with Crippen LogP contribution in [0.15, 0.2) is 18.2 Å². The van der Waals surface area contributed by atoms with Gasteiger partial charge in [0.2, 0.25) is 5.91 Å². The first-order valence-corrected chi connectivity index (χ1v) is 6.30. The smallest absolute Gasteiger partial charge is 0.225 e. The van der Waals surface area contributed by atoms with Crippen LogP contribution in [0.1, 0.15) is 25.3 Å². The SMILES string of the molecule is CC(CO)(NC(=O)Cc1cc(F)ccc1F)C1CC1. The highest BCUT2D eigenvalue weighted by Crippen LogP contribution is 2.39. The van der Waals surface area contributed by atoms with Gasteiger partial charge < -0.3 is 10.4 Å². The van der Waals surface area contributed by atoms with Gasteiger partial charge in [0.05, 0.1) is 18.6 Å². The molecule has 2 N–H and O–H groups in total. The van der Waals surface area contributed by atoms with Crippen molar-refractivity contribution in [1.29, 1.82) is 0 Å². The van der Waals surface area contributed by atoms with E-state index in [4.69, 9.17) is 0 Å². The molecule has 1 aromatic rings. The van der Waals surface area contributed by atoms with Crippen molar-refractivity contribution in [2.45, 2.75) is 31.7 Å². The molecule has 1 aliphatic carbocycles. The van der Waals surface area contributed by atoms with E-state index in [1.807, 2.05) is 0 Å². The minimum atomic E-state index is -0.666. The third-order valence-corrected chi connectivity index (χ3v) is 3.59. The third kappa shape index (κ3) is 3.29. The molecule has 0 aromatic heterocycles. The molecule has 1 amide bonds. The van der Waals surface area contributed by atoms with Crippen LogP contribution in [-0.2, 0) is 11.2 Å². The number of benzene rings is 1. The van der Waals surface area contributed by atoms with Gasteiger partial charge in [0, 0.05) is 5.56 Å². The lowest BCUT2D eigenvalue weighted by Crippen LogP contribution is -2.51. The van der Waals surface area contributed by atoms with Crippen LogP contribution in [0.5, 0.6) is 0 Å². The topological polar surface area (TPSA) is 49.3 Å². The Labute approximate surface area is 110 Å². The van der Waals surface area contributed by atoms with Gasteiger partial charge >= 0.3 is 0 Å². The third-order valence-electron chi connectivity index (χ3n) is 3.59. The predicted molar refractivity (Wildman–Crippen MR) is 66.4 cm³/mol. The molecule has 0 radical (unpaired) electrons. The zero-order chi connectivity index (χ0) is 14.0. The summed E-state index contributed by atoms with van der Waals surface area (Å²) < 4.78 is 26.4. The normalized spacial score (nSPS) is 17.9. The van der Waals surface area contributed by atoms with Crippen molar-refractivity contribution >= 4 is 5.91 Å². The summed E-state index contributed by atoms with van der Waals surface area (Å²) in [5.74, 6) is -1.32. The van der Waals surface area contributed by atoms with E-state index in [-0.39, 0.29) is 24.5 Å². The number of carbonyl (C=O) groups excluding carboxylic acids is 1. The van der Waals surface area contributed by atoms with Crippen LogP contribution in [0.25, 0.3) is 0 Å². The molecule has 19 heavy (non-hydrogen) atoms. The van der Waals surface area contributed by atoms with Crippen molar-refractivity contribution < 1.29 is 18.7 Å².